The normalized spacial score (nSPS) is 13.6. The van der Waals surface area contributed by atoms with Gasteiger partial charge in [0, 0.05) is 19.3 Å². The minimum atomic E-state index is -3.63. The standard InChI is InChI=1S/C9H15N3O3S/c1-7(6-15-2)12-16(13,14)8-4-3-5-11-9(8)10/h3-5,7,12H,6H2,1-2H3,(H2,10,11). The highest BCUT2D eigenvalue weighted by Crippen LogP contribution is 2.14. The Morgan fingerprint density at radius 1 is 1.62 bits per heavy atom. The zero-order valence-electron chi connectivity index (χ0n) is 9.17. The molecule has 0 aliphatic carbocycles. The molecular formula is C9H15N3O3S. The van der Waals surface area contributed by atoms with E-state index in [1.165, 1.54) is 25.4 Å². The van der Waals surface area contributed by atoms with E-state index < -0.39 is 10.0 Å². The van der Waals surface area contributed by atoms with Gasteiger partial charge in [0.05, 0.1) is 6.61 Å². The third-order valence-electron chi connectivity index (χ3n) is 1.86. The lowest BCUT2D eigenvalue weighted by atomic mass is 10.4. The van der Waals surface area contributed by atoms with Crippen molar-refractivity contribution in [3.05, 3.63) is 18.3 Å². The number of sulfonamides is 1. The first-order valence-electron chi connectivity index (χ1n) is 4.69. The molecule has 7 heteroatoms. The molecule has 0 amide bonds. The molecule has 1 rings (SSSR count). The van der Waals surface area contributed by atoms with Crippen LogP contribution in [-0.4, -0.2) is 33.2 Å². The Hall–Kier alpha value is -1.18. The lowest BCUT2D eigenvalue weighted by molar-refractivity contribution is 0.180. The highest BCUT2D eigenvalue weighted by atomic mass is 32.2. The Balaban J connectivity index is 2.91. The first kappa shape index (κ1) is 12.9. The number of aromatic nitrogens is 1. The van der Waals surface area contributed by atoms with E-state index in [4.69, 9.17) is 10.5 Å². The van der Waals surface area contributed by atoms with Crippen molar-refractivity contribution in [1.82, 2.24) is 9.71 Å². The van der Waals surface area contributed by atoms with Gasteiger partial charge in [0.2, 0.25) is 10.0 Å². The fraction of sp³-hybridized carbons (Fsp3) is 0.444. The van der Waals surface area contributed by atoms with Gasteiger partial charge in [-0.05, 0) is 19.1 Å². The molecule has 0 saturated carbocycles. The first-order chi connectivity index (χ1) is 7.47. The molecule has 0 aliphatic heterocycles. The second kappa shape index (κ2) is 5.24. The van der Waals surface area contributed by atoms with E-state index in [2.05, 4.69) is 9.71 Å². The van der Waals surface area contributed by atoms with Crippen molar-refractivity contribution in [3.8, 4) is 0 Å². The van der Waals surface area contributed by atoms with Crippen molar-refractivity contribution < 1.29 is 13.2 Å². The Morgan fingerprint density at radius 3 is 2.88 bits per heavy atom. The Labute approximate surface area is 94.9 Å². The molecule has 3 N–H and O–H groups in total. The topological polar surface area (TPSA) is 94.3 Å². The van der Waals surface area contributed by atoms with E-state index in [0.717, 1.165) is 0 Å². The summed E-state index contributed by atoms with van der Waals surface area (Å²) >= 11 is 0. The summed E-state index contributed by atoms with van der Waals surface area (Å²) in [5.74, 6) is -0.0142. The number of hydrogen-bond acceptors (Lipinski definition) is 5. The summed E-state index contributed by atoms with van der Waals surface area (Å²) in [5, 5.41) is 0. The van der Waals surface area contributed by atoms with Crippen LogP contribution >= 0.6 is 0 Å². The molecule has 0 fully saturated rings. The van der Waals surface area contributed by atoms with Gasteiger partial charge < -0.3 is 10.5 Å². The van der Waals surface area contributed by atoms with Crippen LogP contribution in [-0.2, 0) is 14.8 Å². The lowest BCUT2D eigenvalue weighted by Gasteiger charge is -2.13. The van der Waals surface area contributed by atoms with Crippen LogP contribution < -0.4 is 10.5 Å². The number of pyridine rings is 1. The highest BCUT2D eigenvalue weighted by molar-refractivity contribution is 7.89. The number of nitrogens with two attached hydrogens (primary N) is 1. The number of methoxy groups -OCH3 is 1. The number of anilines is 1. The second-order valence-corrected chi connectivity index (χ2v) is 5.05. The van der Waals surface area contributed by atoms with Crippen LogP contribution in [0.1, 0.15) is 6.92 Å². The molecule has 0 aliphatic rings. The molecule has 6 nitrogen and oxygen atoms in total. The molecule has 1 aromatic rings. The van der Waals surface area contributed by atoms with Crippen molar-refractivity contribution >= 4 is 15.8 Å². The maximum absolute atomic E-state index is 11.9. The van der Waals surface area contributed by atoms with Gasteiger partial charge in [-0.3, -0.25) is 0 Å². The van der Waals surface area contributed by atoms with E-state index in [1.54, 1.807) is 6.92 Å². The van der Waals surface area contributed by atoms with Crippen LogP contribution in [0.4, 0.5) is 5.82 Å². The highest BCUT2D eigenvalue weighted by Gasteiger charge is 2.20. The molecule has 1 aromatic heterocycles. The van der Waals surface area contributed by atoms with E-state index in [1.807, 2.05) is 0 Å². The van der Waals surface area contributed by atoms with Gasteiger partial charge in [0.25, 0.3) is 0 Å². The van der Waals surface area contributed by atoms with E-state index in [9.17, 15) is 8.42 Å². The average molecular weight is 245 g/mol. The van der Waals surface area contributed by atoms with Gasteiger partial charge >= 0.3 is 0 Å². The number of nitrogens with zero attached hydrogens (tertiary/aromatic N) is 1. The van der Waals surface area contributed by atoms with Crippen molar-refractivity contribution in [2.45, 2.75) is 17.9 Å². The van der Waals surface area contributed by atoms with Crippen molar-refractivity contribution in [3.63, 3.8) is 0 Å². The number of rotatable bonds is 5. The number of nitrogens with one attached hydrogen (secondary N) is 1. The number of nitrogen functional groups attached to an aromatic ring is 1. The fourth-order valence-corrected chi connectivity index (χ4v) is 2.55. The monoisotopic (exact) mass is 245 g/mol. The van der Waals surface area contributed by atoms with Crippen LogP contribution in [0.2, 0.25) is 0 Å². The second-order valence-electron chi connectivity index (χ2n) is 3.36. The SMILES string of the molecule is COCC(C)NS(=O)(=O)c1cccnc1N. The van der Waals surface area contributed by atoms with Crippen LogP contribution in [0.5, 0.6) is 0 Å². The molecular weight excluding hydrogens is 230 g/mol. The molecule has 1 atom stereocenters. The zero-order valence-corrected chi connectivity index (χ0v) is 9.99. The smallest absolute Gasteiger partial charge is 0.244 e. The summed E-state index contributed by atoms with van der Waals surface area (Å²) < 4.78 is 31.0. The fourth-order valence-electron chi connectivity index (χ4n) is 1.24. The molecule has 0 saturated heterocycles. The van der Waals surface area contributed by atoms with Crippen LogP contribution in [0.25, 0.3) is 0 Å². The minimum absolute atomic E-state index is 0.0142. The first-order valence-corrected chi connectivity index (χ1v) is 6.17. The summed E-state index contributed by atoms with van der Waals surface area (Å²) in [6.45, 7) is 1.99. The van der Waals surface area contributed by atoms with Gasteiger partial charge in [-0.25, -0.2) is 18.1 Å². The van der Waals surface area contributed by atoms with Crippen LogP contribution in [0.3, 0.4) is 0 Å². The summed E-state index contributed by atoms with van der Waals surface area (Å²) in [7, 11) is -2.13. The largest absolute Gasteiger partial charge is 0.383 e. The van der Waals surface area contributed by atoms with E-state index >= 15 is 0 Å². The van der Waals surface area contributed by atoms with Crippen LogP contribution in [0.15, 0.2) is 23.2 Å². The summed E-state index contributed by atoms with van der Waals surface area (Å²) in [6, 6.07) is 2.60. The summed E-state index contributed by atoms with van der Waals surface area (Å²) in [6.07, 6.45) is 1.44. The van der Waals surface area contributed by atoms with Gasteiger partial charge in [-0.2, -0.15) is 0 Å². The molecule has 0 spiro atoms. The quantitative estimate of drug-likeness (QED) is 0.760. The molecule has 16 heavy (non-hydrogen) atoms. The molecule has 90 valence electrons. The zero-order chi connectivity index (χ0) is 12.2. The van der Waals surface area contributed by atoms with Crippen LogP contribution in [0, 0.1) is 0 Å². The summed E-state index contributed by atoms with van der Waals surface area (Å²) in [4.78, 5) is 3.71. The van der Waals surface area contributed by atoms with Crippen molar-refractivity contribution in [1.29, 1.82) is 0 Å². The van der Waals surface area contributed by atoms with Gasteiger partial charge in [0.15, 0.2) is 0 Å². The Bertz CT molecular complexity index is 447. The minimum Gasteiger partial charge on any atom is -0.383 e. The lowest BCUT2D eigenvalue weighted by Crippen LogP contribution is -2.36. The Kier molecular flexibility index (Phi) is 4.22. The third-order valence-corrected chi connectivity index (χ3v) is 3.50. The molecule has 0 aromatic carbocycles. The van der Waals surface area contributed by atoms with Crippen molar-refractivity contribution in [2.24, 2.45) is 0 Å². The predicted molar refractivity (Wildman–Crippen MR) is 60.3 cm³/mol. The van der Waals surface area contributed by atoms with E-state index in [-0.39, 0.29) is 16.8 Å². The summed E-state index contributed by atoms with van der Waals surface area (Å²) in [5.41, 5.74) is 5.49. The maximum atomic E-state index is 11.9. The molecule has 1 unspecified atom stereocenters. The number of ether oxygens (including phenoxy) is 1. The van der Waals surface area contributed by atoms with E-state index in [0.29, 0.717) is 6.61 Å². The predicted octanol–water partition coefficient (Wildman–Crippen LogP) is -0.0230. The molecule has 0 radical (unpaired) electrons. The van der Waals surface area contributed by atoms with Gasteiger partial charge in [-0.1, -0.05) is 0 Å². The van der Waals surface area contributed by atoms with Crippen molar-refractivity contribution in [2.75, 3.05) is 19.5 Å². The van der Waals surface area contributed by atoms with Gasteiger partial charge in [-0.15, -0.1) is 0 Å². The maximum Gasteiger partial charge on any atom is 0.244 e. The molecule has 1 heterocycles. The average Bonchev–Trinajstić information content (AvgIpc) is 2.17. The third kappa shape index (κ3) is 3.16. The number of hydrogen-bond donors (Lipinski definition) is 2. The van der Waals surface area contributed by atoms with Gasteiger partial charge in [0.1, 0.15) is 10.7 Å². The Morgan fingerprint density at radius 2 is 2.31 bits per heavy atom. The molecule has 0 bridgehead atoms.